The lowest BCUT2D eigenvalue weighted by Gasteiger charge is -2.16. The topological polar surface area (TPSA) is 118 Å². The van der Waals surface area contributed by atoms with Crippen molar-refractivity contribution < 1.29 is 14.7 Å². The molecule has 3 rings (SSSR count). The van der Waals surface area contributed by atoms with Gasteiger partial charge in [-0.2, -0.15) is 0 Å². The van der Waals surface area contributed by atoms with E-state index in [4.69, 9.17) is 5.73 Å². The van der Waals surface area contributed by atoms with Crippen LogP contribution in [0.15, 0.2) is 48.8 Å². The van der Waals surface area contributed by atoms with E-state index in [1.807, 2.05) is 26.8 Å². The number of aromatic hydroxyl groups is 1. The Kier molecular flexibility index (Phi) is 8.69. The molecule has 0 radical (unpaired) electrons. The zero-order valence-corrected chi connectivity index (χ0v) is 18.1. The van der Waals surface area contributed by atoms with Crippen molar-refractivity contribution >= 4 is 18.0 Å². The third-order valence-corrected chi connectivity index (χ3v) is 4.58. The number of benzene rings is 1. The first-order valence-corrected chi connectivity index (χ1v) is 10.3. The van der Waals surface area contributed by atoms with Crippen LogP contribution in [0.1, 0.15) is 43.2 Å². The summed E-state index contributed by atoms with van der Waals surface area (Å²) in [6.45, 7) is 6.31. The molecule has 7 nitrogen and oxygen atoms in total. The molecule has 0 aliphatic heterocycles. The summed E-state index contributed by atoms with van der Waals surface area (Å²) in [5.41, 5.74) is 10.8. The summed E-state index contributed by atoms with van der Waals surface area (Å²) in [6.07, 6.45) is 5.07. The van der Waals surface area contributed by atoms with Gasteiger partial charge in [0.1, 0.15) is 23.5 Å². The highest BCUT2D eigenvalue weighted by Gasteiger charge is 2.16. The fourth-order valence-electron chi connectivity index (χ4n) is 3.15. The number of nitrogen functional groups attached to an aromatic ring is 1. The predicted molar refractivity (Wildman–Crippen MR) is 123 cm³/mol. The summed E-state index contributed by atoms with van der Waals surface area (Å²) >= 11 is 0. The number of carbonyl (C=O) groups excluding carboxylic acids is 2. The van der Waals surface area contributed by atoms with E-state index in [9.17, 15) is 14.7 Å². The molecule has 31 heavy (non-hydrogen) atoms. The molecular formula is C24H28N4O3. The molecule has 0 aliphatic carbocycles. The standard InChI is InChI=1S/C22H22N4O3.C2H6/c1-2-17-18(13-26-21(23)20(17)14-4-7-16(28)8-5-14)15-6-9-19(25-12-15)22(29)24-10-3-11-27;1-2/h4-9,11-13,28H,2-3,10H2,1H3,(H2,23,26)(H,24,29);1-2H3. The lowest BCUT2D eigenvalue weighted by molar-refractivity contribution is -0.107. The second-order valence-electron chi connectivity index (χ2n) is 6.45. The van der Waals surface area contributed by atoms with Gasteiger partial charge in [0.25, 0.3) is 5.91 Å². The number of phenolic OH excluding ortho intramolecular Hbond substituents is 1. The first-order chi connectivity index (χ1) is 15.0. The molecule has 0 bridgehead atoms. The number of nitrogens with zero attached hydrogens (tertiary/aromatic N) is 2. The van der Waals surface area contributed by atoms with Crippen LogP contribution in [-0.2, 0) is 11.2 Å². The highest BCUT2D eigenvalue weighted by Crippen LogP contribution is 2.36. The van der Waals surface area contributed by atoms with Crippen LogP contribution in [-0.4, -0.2) is 33.8 Å². The third kappa shape index (κ3) is 5.66. The monoisotopic (exact) mass is 420 g/mol. The summed E-state index contributed by atoms with van der Waals surface area (Å²) in [6, 6.07) is 10.3. The summed E-state index contributed by atoms with van der Waals surface area (Å²) in [5.74, 6) is 0.269. The van der Waals surface area contributed by atoms with Crippen molar-refractivity contribution in [3.63, 3.8) is 0 Å². The molecule has 0 fully saturated rings. The van der Waals surface area contributed by atoms with Crippen molar-refractivity contribution in [2.45, 2.75) is 33.6 Å². The molecule has 4 N–H and O–H groups in total. The number of nitrogens with two attached hydrogens (primary N) is 1. The number of nitrogens with one attached hydrogen (secondary N) is 1. The first-order valence-electron chi connectivity index (χ1n) is 10.3. The summed E-state index contributed by atoms with van der Waals surface area (Å²) < 4.78 is 0. The van der Waals surface area contributed by atoms with Gasteiger partial charge in [0, 0.05) is 42.0 Å². The van der Waals surface area contributed by atoms with Crippen LogP contribution in [0.3, 0.4) is 0 Å². The molecule has 0 aliphatic rings. The number of hydrogen-bond donors (Lipinski definition) is 3. The Morgan fingerprint density at radius 3 is 2.32 bits per heavy atom. The molecular weight excluding hydrogens is 392 g/mol. The number of pyridine rings is 2. The van der Waals surface area contributed by atoms with Gasteiger partial charge in [-0.25, -0.2) is 4.98 Å². The predicted octanol–water partition coefficient (Wildman–Crippen LogP) is 4.01. The molecule has 0 saturated heterocycles. The Morgan fingerprint density at radius 2 is 1.74 bits per heavy atom. The number of anilines is 1. The van der Waals surface area contributed by atoms with Crippen LogP contribution in [0.5, 0.6) is 5.75 Å². The Balaban J connectivity index is 0.00000166. The quantitative estimate of drug-likeness (QED) is 0.393. The number of rotatable bonds is 7. The zero-order chi connectivity index (χ0) is 22.8. The zero-order valence-electron chi connectivity index (χ0n) is 18.1. The van der Waals surface area contributed by atoms with Crippen molar-refractivity contribution in [3.05, 3.63) is 60.0 Å². The largest absolute Gasteiger partial charge is 0.508 e. The lowest BCUT2D eigenvalue weighted by Crippen LogP contribution is -2.25. The van der Waals surface area contributed by atoms with Crippen molar-refractivity contribution in [2.75, 3.05) is 12.3 Å². The van der Waals surface area contributed by atoms with E-state index in [1.165, 1.54) is 0 Å². The van der Waals surface area contributed by atoms with Gasteiger partial charge >= 0.3 is 0 Å². The molecule has 3 aromatic rings. The van der Waals surface area contributed by atoms with Gasteiger partial charge in [-0.05, 0) is 35.7 Å². The average Bonchev–Trinajstić information content (AvgIpc) is 2.81. The van der Waals surface area contributed by atoms with Crippen LogP contribution in [0.2, 0.25) is 0 Å². The lowest BCUT2D eigenvalue weighted by atomic mass is 9.92. The second-order valence-corrected chi connectivity index (χ2v) is 6.45. The summed E-state index contributed by atoms with van der Waals surface area (Å²) in [7, 11) is 0. The van der Waals surface area contributed by atoms with Gasteiger partial charge in [-0.15, -0.1) is 0 Å². The van der Waals surface area contributed by atoms with E-state index in [2.05, 4.69) is 15.3 Å². The van der Waals surface area contributed by atoms with Gasteiger partial charge in [-0.3, -0.25) is 9.78 Å². The number of phenols is 1. The minimum Gasteiger partial charge on any atom is -0.508 e. The van der Waals surface area contributed by atoms with E-state index < -0.39 is 0 Å². The fourth-order valence-corrected chi connectivity index (χ4v) is 3.15. The molecule has 0 unspecified atom stereocenters. The van der Waals surface area contributed by atoms with E-state index in [0.717, 1.165) is 34.1 Å². The molecule has 2 heterocycles. The maximum atomic E-state index is 12.1. The van der Waals surface area contributed by atoms with Gasteiger partial charge in [0.2, 0.25) is 0 Å². The normalized spacial score (nSPS) is 10.0. The minimum atomic E-state index is -0.325. The molecule has 1 amide bonds. The van der Waals surface area contributed by atoms with Gasteiger partial charge in [0.15, 0.2) is 0 Å². The molecule has 0 saturated carbocycles. The molecule has 162 valence electrons. The maximum Gasteiger partial charge on any atom is 0.269 e. The maximum absolute atomic E-state index is 12.1. The number of carbonyl (C=O) groups is 2. The van der Waals surface area contributed by atoms with Crippen molar-refractivity contribution in [1.82, 2.24) is 15.3 Å². The van der Waals surface area contributed by atoms with Crippen molar-refractivity contribution in [2.24, 2.45) is 0 Å². The molecule has 2 aromatic heterocycles. The number of hydrogen-bond acceptors (Lipinski definition) is 6. The van der Waals surface area contributed by atoms with E-state index in [0.29, 0.717) is 12.2 Å². The van der Waals surface area contributed by atoms with Gasteiger partial charge in [0.05, 0.1) is 0 Å². The summed E-state index contributed by atoms with van der Waals surface area (Å²) in [5, 5.41) is 12.2. The van der Waals surface area contributed by atoms with Gasteiger partial charge in [-0.1, -0.05) is 39.0 Å². The van der Waals surface area contributed by atoms with Crippen LogP contribution in [0, 0.1) is 0 Å². The molecule has 1 aromatic carbocycles. The Morgan fingerprint density at radius 1 is 1.06 bits per heavy atom. The molecule has 7 heteroatoms. The van der Waals surface area contributed by atoms with Crippen LogP contribution in [0.25, 0.3) is 22.3 Å². The highest BCUT2D eigenvalue weighted by atomic mass is 16.3. The highest BCUT2D eigenvalue weighted by molar-refractivity contribution is 5.93. The van der Waals surface area contributed by atoms with Crippen LogP contribution >= 0.6 is 0 Å². The smallest absolute Gasteiger partial charge is 0.269 e. The molecule has 0 atom stereocenters. The van der Waals surface area contributed by atoms with Crippen molar-refractivity contribution in [3.8, 4) is 28.0 Å². The molecule has 0 spiro atoms. The van der Waals surface area contributed by atoms with Crippen molar-refractivity contribution in [1.29, 1.82) is 0 Å². The van der Waals surface area contributed by atoms with Crippen LogP contribution < -0.4 is 11.1 Å². The number of amides is 1. The third-order valence-electron chi connectivity index (χ3n) is 4.58. The first kappa shape index (κ1) is 23.5. The Hall–Kier alpha value is -3.74. The summed E-state index contributed by atoms with van der Waals surface area (Å²) in [4.78, 5) is 31.0. The van der Waals surface area contributed by atoms with E-state index >= 15 is 0 Å². The fraction of sp³-hybridized carbons (Fsp3) is 0.250. The Labute approximate surface area is 182 Å². The van der Waals surface area contributed by atoms with Gasteiger partial charge < -0.3 is 21.0 Å². The number of aromatic nitrogens is 2. The van der Waals surface area contributed by atoms with Crippen LogP contribution in [0.4, 0.5) is 5.82 Å². The minimum absolute atomic E-state index is 0.181. The second kappa shape index (κ2) is 11.4. The SMILES string of the molecule is CC.CCc1c(-c2ccc(C(=O)NCCC=O)nc2)cnc(N)c1-c1ccc(O)cc1. The van der Waals surface area contributed by atoms with E-state index in [-0.39, 0.29) is 30.3 Å². The average molecular weight is 421 g/mol. The number of aldehydes is 1. The Bertz CT molecular complexity index is 1020. The van der Waals surface area contributed by atoms with E-state index in [1.54, 1.807) is 42.7 Å².